The predicted molar refractivity (Wildman–Crippen MR) is 118 cm³/mol. The zero-order valence-electron chi connectivity index (χ0n) is 18.9. The van der Waals surface area contributed by atoms with Crippen molar-refractivity contribution in [2.45, 2.75) is 20.3 Å². The largest absolute Gasteiger partial charge is 0.503 e. The van der Waals surface area contributed by atoms with E-state index in [2.05, 4.69) is 4.90 Å². The van der Waals surface area contributed by atoms with Gasteiger partial charge in [0, 0.05) is 25.3 Å². The Bertz CT molecular complexity index is 907. The summed E-state index contributed by atoms with van der Waals surface area (Å²) in [4.78, 5) is 27.3. The highest BCUT2D eigenvalue weighted by molar-refractivity contribution is 6.00. The molecule has 0 unspecified atom stereocenters. The minimum Gasteiger partial charge on any atom is -0.503 e. The van der Waals surface area contributed by atoms with Crippen LogP contribution in [0.4, 0.5) is 0 Å². The fourth-order valence-corrected chi connectivity index (χ4v) is 3.58. The monoisotopic (exact) mass is 462 g/mol. The quantitative estimate of drug-likeness (QED) is 0.405. The standard InChI is InChI=1S/C23H30N2O8/c1-3-31-22(28)18-20(26)21(27)19(23(29)32-4-2)25(18)16-6-8-17(9-7-16)33-13-5-10-24-11-14-30-15-12-24/h6-9,26-27H,3-5,10-15H2,1-2H3. The van der Waals surface area contributed by atoms with Crippen LogP contribution in [0.2, 0.25) is 0 Å². The van der Waals surface area contributed by atoms with Gasteiger partial charge in [0.2, 0.25) is 0 Å². The summed E-state index contributed by atoms with van der Waals surface area (Å²) >= 11 is 0. The molecule has 1 aliphatic rings. The van der Waals surface area contributed by atoms with Gasteiger partial charge in [0.05, 0.1) is 33.0 Å². The number of nitrogens with zero attached hydrogens (tertiary/aromatic N) is 2. The number of hydrogen-bond acceptors (Lipinski definition) is 9. The molecule has 0 saturated carbocycles. The summed E-state index contributed by atoms with van der Waals surface area (Å²) in [6, 6.07) is 6.59. The van der Waals surface area contributed by atoms with E-state index in [0.717, 1.165) is 43.8 Å². The molecule has 33 heavy (non-hydrogen) atoms. The van der Waals surface area contributed by atoms with Crippen molar-refractivity contribution >= 4 is 11.9 Å². The molecule has 1 saturated heterocycles. The van der Waals surface area contributed by atoms with Gasteiger partial charge in [-0.2, -0.15) is 0 Å². The molecule has 3 rings (SSSR count). The lowest BCUT2D eigenvalue weighted by atomic mass is 10.2. The topological polar surface area (TPSA) is 120 Å². The van der Waals surface area contributed by atoms with Crippen molar-refractivity contribution in [2.24, 2.45) is 0 Å². The van der Waals surface area contributed by atoms with Crippen molar-refractivity contribution in [3.8, 4) is 22.9 Å². The molecule has 2 heterocycles. The maximum Gasteiger partial charge on any atom is 0.359 e. The number of rotatable bonds is 10. The summed E-state index contributed by atoms with van der Waals surface area (Å²) in [5.41, 5.74) is -0.384. The third kappa shape index (κ3) is 5.77. The van der Waals surface area contributed by atoms with Crippen molar-refractivity contribution in [3.05, 3.63) is 35.7 Å². The molecule has 2 N–H and O–H groups in total. The van der Waals surface area contributed by atoms with E-state index < -0.39 is 23.4 Å². The van der Waals surface area contributed by atoms with Crippen LogP contribution in [0.25, 0.3) is 5.69 Å². The molecule has 10 nitrogen and oxygen atoms in total. The van der Waals surface area contributed by atoms with Gasteiger partial charge in [-0.1, -0.05) is 0 Å². The van der Waals surface area contributed by atoms with Crippen molar-refractivity contribution in [2.75, 3.05) is 52.7 Å². The lowest BCUT2D eigenvalue weighted by Crippen LogP contribution is -2.37. The predicted octanol–water partition coefficient (Wildman–Crippen LogP) is 2.34. The first-order chi connectivity index (χ1) is 16.0. The second-order valence-electron chi connectivity index (χ2n) is 7.32. The van der Waals surface area contributed by atoms with Crippen LogP contribution in [-0.4, -0.2) is 84.3 Å². The van der Waals surface area contributed by atoms with Gasteiger partial charge in [0.15, 0.2) is 22.9 Å². The average Bonchev–Trinajstić information content (AvgIpc) is 3.09. The fourth-order valence-electron chi connectivity index (χ4n) is 3.58. The van der Waals surface area contributed by atoms with Crippen LogP contribution in [0.1, 0.15) is 41.2 Å². The lowest BCUT2D eigenvalue weighted by Gasteiger charge is -2.26. The number of hydrogen-bond donors (Lipinski definition) is 2. The Hall–Kier alpha value is -3.24. The van der Waals surface area contributed by atoms with Crippen molar-refractivity contribution in [3.63, 3.8) is 0 Å². The van der Waals surface area contributed by atoms with E-state index in [9.17, 15) is 19.8 Å². The van der Waals surface area contributed by atoms with Crippen LogP contribution in [0, 0.1) is 0 Å². The highest BCUT2D eigenvalue weighted by atomic mass is 16.5. The highest BCUT2D eigenvalue weighted by Crippen LogP contribution is 2.39. The minimum atomic E-state index is -0.885. The Morgan fingerprint density at radius 2 is 1.48 bits per heavy atom. The number of benzene rings is 1. The Morgan fingerprint density at radius 1 is 0.939 bits per heavy atom. The van der Waals surface area contributed by atoms with Crippen LogP contribution < -0.4 is 4.74 Å². The normalized spacial score (nSPS) is 14.1. The van der Waals surface area contributed by atoms with Gasteiger partial charge < -0.3 is 29.2 Å². The molecule has 10 heteroatoms. The van der Waals surface area contributed by atoms with E-state index in [1.165, 1.54) is 0 Å². The van der Waals surface area contributed by atoms with Crippen LogP contribution in [0.15, 0.2) is 24.3 Å². The molecule has 1 aliphatic heterocycles. The third-order valence-electron chi connectivity index (χ3n) is 5.14. The molecule has 1 aromatic carbocycles. The Labute approximate surface area is 192 Å². The molecule has 1 fully saturated rings. The summed E-state index contributed by atoms with van der Waals surface area (Å²) in [6.07, 6.45) is 0.862. The van der Waals surface area contributed by atoms with E-state index >= 15 is 0 Å². The molecule has 0 spiro atoms. The zero-order valence-corrected chi connectivity index (χ0v) is 18.9. The van der Waals surface area contributed by atoms with E-state index in [0.29, 0.717) is 18.0 Å². The van der Waals surface area contributed by atoms with Crippen molar-refractivity contribution in [1.82, 2.24) is 9.47 Å². The van der Waals surface area contributed by atoms with Crippen LogP contribution in [-0.2, 0) is 14.2 Å². The maximum atomic E-state index is 12.5. The van der Waals surface area contributed by atoms with Gasteiger partial charge in [0.1, 0.15) is 5.75 Å². The molecule has 2 aromatic rings. The number of esters is 2. The van der Waals surface area contributed by atoms with Crippen LogP contribution >= 0.6 is 0 Å². The van der Waals surface area contributed by atoms with E-state index in [1.807, 2.05) is 0 Å². The smallest absolute Gasteiger partial charge is 0.359 e. The number of aromatic hydroxyl groups is 2. The molecule has 0 aliphatic carbocycles. The number of carbonyl (C=O) groups is 2. The Kier molecular flexibility index (Phi) is 8.56. The van der Waals surface area contributed by atoms with Crippen LogP contribution in [0.3, 0.4) is 0 Å². The molecule has 180 valence electrons. The fraction of sp³-hybridized carbons (Fsp3) is 0.478. The maximum absolute atomic E-state index is 12.5. The second kappa shape index (κ2) is 11.6. The first kappa shape index (κ1) is 24.4. The number of carbonyl (C=O) groups excluding carboxylic acids is 2. The van der Waals surface area contributed by atoms with E-state index in [4.69, 9.17) is 18.9 Å². The second-order valence-corrected chi connectivity index (χ2v) is 7.32. The molecule has 0 bridgehead atoms. The molecule has 0 amide bonds. The van der Waals surface area contributed by atoms with Gasteiger partial charge in [-0.3, -0.25) is 9.47 Å². The van der Waals surface area contributed by atoms with E-state index in [-0.39, 0.29) is 24.6 Å². The first-order valence-corrected chi connectivity index (χ1v) is 11.0. The Balaban J connectivity index is 1.78. The molecular weight excluding hydrogens is 432 g/mol. The third-order valence-corrected chi connectivity index (χ3v) is 5.14. The van der Waals surface area contributed by atoms with Gasteiger partial charge in [-0.05, 0) is 44.5 Å². The van der Waals surface area contributed by atoms with Gasteiger partial charge in [-0.25, -0.2) is 9.59 Å². The van der Waals surface area contributed by atoms with Crippen molar-refractivity contribution < 1.29 is 38.7 Å². The molecule has 1 aromatic heterocycles. The zero-order chi connectivity index (χ0) is 23.8. The summed E-state index contributed by atoms with van der Waals surface area (Å²) in [6.45, 7) is 8.15. The van der Waals surface area contributed by atoms with Gasteiger partial charge in [-0.15, -0.1) is 0 Å². The highest BCUT2D eigenvalue weighted by Gasteiger charge is 2.33. The number of aromatic nitrogens is 1. The van der Waals surface area contributed by atoms with Gasteiger partial charge in [0.25, 0.3) is 0 Å². The van der Waals surface area contributed by atoms with Crippen LogP contribution in [0.5, 0.6) is 17.2 Å². The minimum absolute atomic E-state index is 0.0518. The number of ether oxygens (including phenoxy) is 4. The van der Waals surface area contributed by atoms with Crippen molar-refractivity contribution in [1.29, 1.82) is 0 Å². The summed E-state index contributed by atoms with van der Waals surface area (Å²) in [7, 11) is 0. The average molecular weight is 462 g/mol. The number of morpholine rings is 1. The molecule has 0 radical (unpaired) electrons. The SMILES string of the molecule is CCOC(=O)c1c(O)c(O)c(C(=O)OCC)n1-c1ccc(OCCCN2CCOCC2)cc1. The summed E-state index contributed by atoms with van der Waals surface area (Å²) in [5.74, 6) is -2.66. The lowest BCUT2D eigenvalue weighted by molar-refractivity contribution is 0.0358. The summed E-state index contributed by atoms with van der Waals surface area (Å²) in [5, 5.41) is 20.7. The van der Waals surface area contributed by atoms with E-state index in [1.54, 1.807) is 38.1 Å². The molecule has 0 atom stereocenters. The molecular formula is C23H30N2O8. The van der Waals surface area contributed by atoms with Gasteiger partial charge >= 0.3 is 11.9 Å². The summed E-state index contributed by atoms with van der Waals surface area (Å²) < 4.78 is 22.3. The Morgan fingerprint density at radius 3 is 2.00 bits per heavy atom. The first-order valence-electron chi connectivity index (χ1n) is 11.0.